The number of fused-ring (bicyclic) bond motifs is 1. The fourth-order valence-corrected chi connectivity index (χ4v) is 1.37. The molecule has 1 aliphatic heterocycles. The van der Waals surface area contributed by atoms with Gasteiger partial charge in [-0.25, -0.2) is 9.36 Å². The van der Waals surface area contributed by atoms with Gasteiger partial charge in [-0.1, -0.05) is 0 Å². The number of ether oxygens (including phenoxy) is 1. The molecule has 1 N–H and O–H groups in total. The summed E-state index contributed by atoms with van der Waals surface area (Å²) >= 11 is 0. The maximum atomic E-state index is 11.2. The molecule has 0 atom stereocenters. The molecule has 1 aliphatic rings. The summed E-state index contributed by atoms with van der Waals surface area (Å²) in [6.07, 6.45) is 0. The molecular weight excluding hydrogens is 160 g/mol. The Morgan fingerprint density at radius 1 is 1.33 bits per heavy atom. The molecule has 66 valence electrons. The van der Waals surface area contributed by atoms with E-state index >= 15 is 0 Å². The van der Waals surface area contributed by atoms with Crippen LogP contribution >= 0.6 is 0 Å². The third-order valence-electron chi connectivity index (χ3n) is 1.96. The van der Waals surface area contributed by atoms with Gasteiger partial charge < -0.3 is 9.84 Å². The highest BCUT2D eigenvalue weighted by atomic mass is 16.5. The van der Waals surface area contributed by atoms with Gasteiger partial charge in [0.2, 0.25) is 5.88 Å². The number of aromatic hydroxyl groups is 1. The first-order chi connectivity index (χ1) is 5.79. The highest BCUT2D eigenvalue weighted by Gasteiger charge is 2.12. The highest BCUT2D eigenvalue weighted by molar-refractivity contribution is 5.07. The highest BCUT2D eigenvalue weighted by Crippen LogP contribution is 2.07. The average molecular weight is 170 g/mol. The van der Waals surface area contributed by atoms with E-state index in [0.29, 0.717) is 26.3 Å². The van der Waals surface area contributed by atoms with Gasteiger partial charge in [0.05, 0.1) is 32.4 Å². The van der Waals surface area contributed by atoms with Crippen LogP contribution in [0.25, 0.3) is 0 Å². The molecule has 0 amide bonds. The number of aromatic nitrogens is 2. The SMILES string of the molecule is O=c1cc(O)n2n1CCOCC2. The van der Waals surface area contributed by atoms with Crippen molar-refractivity contribution in [3.8, 4) is 5.88 Å². The molecule has 0 bridgehead atoms. The second kappa shape index (κ2) is 2.67. The van der Waals surface area contributed by atoms with Crippen molar-refractivity contribution in [2.75, 3.05) is 13.2 Å². The minimum Gasteiger partial charge on any atom is -0.493 e. The lowest BCUT2D eigenvalue weighted by Gasteiger charge is -2.05. The second-order valence-corrected chi connectivity index (χ2v) is 2.70. The van der Waals surface area contributed by atoms with Crippen LogP contribution in [-0.4, -0.2) is 27.7 Å². The molecule has 0 spiro atoms. The van der Waals surface area contributed by atoms with Gasteiger partial charge in [-0.05, 0) is 0 Å². The molecule has 5 heteroatoms. The molecule has 5 nitrogen and oxygen atoms in total. The molecule has 1 aromatic rings. The fourth-order valence-electron chi connectivity index (χ4n) is 1.37. The first-order valence-electron chi connectivity index (χ1n) is 3.86. The zero-order valence-corrected chi connectivity index (χ0v) is 6.56. The summed E-state index contributed by atoms with van der Waals surface area (Å²) in [6.45, 7) is 2.12. The quantitative estimate of drug-likeness (QED) is 0.565. The van der Waals surface area contributed by atoms with Gasteiger partial charge in [-0.2, -0.15) is 0 Å². The molecule has 0 radical (unpaired) electrons. The van der Waals surface area contributed by atoms with E-state index in [1.807, 2.05) is 0 Å². The summed E-state index contributed by atoms with van der Waals surface area (Å²) in [5.74, 6) is 0.0190. The third-order valence-corrected chi connectivity index (χ3v) is 1.96. The van der Waals surface area contributed by atoms with Crippen LogP contribution < -0.4 is 5.56 Å². The summed E-state index contributed by atoms with van der Waals surface area (Å²) in [5, 5.41) is 9.29. The van der Waals surface area contributed by atoms with Gasteiger partial charge in [-0.3, -0.25) is 4.79 Å². The van der Waals surface area contributed by atoms with Crippen molar-refractivity contribution in [1.29, 1.82) is 0 Å². The summed E-state index contributed by atoms with van der Waals surface area (Å²) in [5.41, 5.74) is -0.169. The standard InChI is InChI=1S/C7H10N2O3/c10-6-5-7(11)9-2-4-12-3-1-8(6)9/h5,10H,1-4H2. The number of hydrogen-bond donors (Lipinski definition) is 1. The lowest BCUT2D eigenvalue weighted by atomic mass is 10.6. The third kappa shape index (κ3) is 1.02. The largest absolute Gasteiger partial charge is 0.493 e. The molecule has 0 saturated carbocycles. The Hall–Kier alpha value is -1.23. The van der Waals surface area contributed by atoms with Gasteiger partial charge >= 0.3 is 0 Å². The van der Waals surface area contributed by atoms with Gasteiger partial charge in [0, 0.05) is 0 Å². The minimum absolute atomic E-state index is 0.0190. The number of rotatable bonds is 0. The Kier molecular flexibility index (Phi) is 1.65. The molecule has 2 rings (SSSR count). The Morgan fingerprint density at radius 2 is 2.00 bits per heavy atom. The minimum atomic E-state index is -0.169. The smallest absolute Gasteiger partial charge is 0.270 e. The van der Waals surface area contributed by atoms with Crippen LogP contribution in [0.2, 0.25) is 0 Å². The monoisotopic (exact) mass is 170 g/mol. The Morgan fingerprint density at radius 3 is 2.75 bits per heavy atom. The van der Waals surface area contributed by atoms with Crippen LogP contribution in [0, 0.1) is 0 Å². The van der Waals surface area contributed by atoms with Gasteiger partial charge in [0.15, 0.2) is 0 Å². The first kappa shape index (κ1) is 7.42. The molecule has 12 heavy (non-hydrogen) atoms. The van der Waals surface area contributed by atoms with E-state index in [1.165, 1.54) is 15.4 Å². The van der Waals surface area contributed by atoms with Crippen molar-refractivity contribution >= 4 is 0 Å². The number of nitrogens with zero attached hydrogens (tertiary/aromatic N) is 2. The topological polar surface area (TPSA) is 56.4 Å². The molecule has 0 aromatic carbocycles. The van der Waals surface area contributed by atoms with Crippen molar-refractivity contribution < 1.29 is 9.84 Å². The van der Waals surface area contributed by atoms with E-state index in [-0.39, 0.29) is 11.4 Å². The average Bonchev–Trinajstić information content (AvgIpc) is 2.29. The van der Waals surface area contributed by atoms with Gasteiger partial charge in [-0.15, -0.1) is 0 Å². The van der Waals surface area contributed by atoms with Crippen LogP contribution in [0.5, 0.6) is 5.88 Å². The van der Waals surface area contributed by atoms with Crippen LogP contribution in [0.1, 0.15) is 0 Å². The molecule has 0 unspecified atom stereocenters. The lowest BCUT2D eigenvalue weighted by molar-refractivity contribution is 0.137. The fraction of sp³-hybridized carbons (Fsp3) is 0.571. The molecule has 2 heterocycles. The predicted molar refractivity (Wildman–Crippen MR) is 41.2 cm³/mol. The maximum absolute atomic E-state index is 11.2. The van der Waals surface area contributed by atoms with Gasteiger partial charge in [0.25, 0.3) is 5.56 Å². The van der Waals surface area contributed by atoms with Crippen LogP contribution in [0.4, 0.5) is 0 Å². The normalized spacial score (nSPS) is 17.0. The second-order valence-electron chi connectivity index (χ2n) is 2.70. The molecule has 0 saturated heterocycles. The van der Waals surface area contributed by atoms with Crippen LogP contribution in [0.3, 0.4) is 0 Å². The van der Waals surface area contributed by atoms with E-state index in [9.17, 15) is 9.90 Å². The predicted octanol–water partition coefficient (Wildman–Crippen LogP) is -0.614. The van der Waals surface area contributed by atoms with Crippen molar-refractivity contribution in [2.24, 2.45) is 0 Å². The summed E-state index contributed by atoms with van der Waals surface area (Å²) in [7, 11) is 0. The molecule has 0 aliphatic carbocycles. The molecule has 1 aromatic heterocycles. The first-order valence-corrected chi connectivity index (χ1v) is 3.86. The van der Waals surface area contributed by atoms with Crippen molar-refractivity contribution in [3.63, 3.8) is 0 Å². The van der Waals surface area contributed by atoms with Crippen molar-refractivity contribution in [1.82, 2.24) is 9.36 Å². The van der Waals surface area contributed by atoms with E-state index in [1.54, 1.807) is 0 Å². The van der Waals surface area contributed by atoms with E-state index in [0.717, 1.165) is 0 Å². The van der Waals surface area contributed by atoms with Crippen LogP contribution in [-0.2, 0) is 17.8 Å². The zero-order chi connectivity index (χ0) is 8.55. The van der Waals surface area contributed by atoms with Crippen molar-refractivity contribution in [3.05, 3.63) is 16.4 Å². The maximum Gasteiger partial charge on any atom is 0.270 e. The van der Waals surface area contributed by atoms with E-state index < -0.39 is 0 Å². The lowest BCUT2D eigenvalue weighted by Crippen LogP contribution is -2.22. The Bertz CT molecular complexity index is 339. The summed E-state index contributed by atoms with van der Waals surface area (Å²) in [4.78, 5) is 11.2. The number of hydrogen-bond acceptors (Lipinski definition) is 3. The van der Waals surface area contributed by atoms with Crippen molar-refractivity contribution in [2.45, 2.75) is 13.1 Å². The van der Waals surface area contributed by atoms with Gasteiger partial charge in [0.1, 0.15) is 0 Å². The molecule has 0 fully saturated rings. The Labute approximate surface area is 68.8 Å². The van der Waals surface area contributed by atoms with E-state index in [2.05, 4.69) is 0 Å². The summed E-state index contributed by atoms with van der Waals surface area (Å²) < 4.78 is 8.18. The molecular formula is C7H10N2O3. The van der Waals surface area contributed by atoms with E-state index in [4.69, 9.17) is 4.74 Å². The Balaban J connectivity index is 2.51. The van der Waals surface area contributed by atoms with Crippen LogP contribution in [0.15, 0.2) is 10.9 Å². The summed E-state index contributed by atoms with van der Waals surface area (Å²) in [6, 6.07) is 1.23. The zero-order valence-electron chi connectivity index (χ0n) is 6.56.